The number of esters is 1. The maximum Gasteiger partial charge on any atom is 0.338 e. The summed E-state index contributed by atoms with van der Waals surface area (Å²) in [5.41, 5.74) is 6.84. The van der Waals surface area contributed by atoms with Crippen molar-refractivity contribution < 1.29 is 9.53 Å². The highest BCUT2D eigenvalue weighted by Gasteiger charge is 2.14. The molecule has 1 aromatic rings. The number of nitrogens with one attached hydrogen (secondary N) is 1. The molecule has 0 saturated heterocycles. The molecular formula is C21H36N2O2. The Kier molecular flexibility index (Phi) is 11.0. The van der Waals surface area contributed by atoms with Gasteiger partial charge in [-0.3, -0.25) is 0 Å². The van der Waals surface area contributed by atoms with Crippen LogP contribution < -0.4 is 11.1 Å². The first kappa shape index (κ1) is 21.5. The molecule has 0 heterocycles. The first-order valence-electron chi connectivity index (χ1n) is 9.86. The zero-order valence-electron chi connectivity index (χ0n) is 16.2. The first-order chi connectivity index (χ1) is 12.1. The highest BCUT2D eigenvalue weighted by Crippen LogP contribution is 2.12. The van der Waals surface area contributed by atoms with E-state index in [2.05, 4.69) is 19.2 Å². The van der Waals surface area contributed by atoms with Gasteiger partial charge in [0.25, 0.3) is 0 Å². The predicted octanol–water partition coefficient (Wildman–Crippen LogP) is 4.93. The fourth-order valence-electron chi connectivity index (χ4n) is 2.87. The Morgan fingerprint density at radius 1 is 1.04 bits per heavy atom. The van der Waals surface area contributed by atoms with Gasteiger partial charge >= 0.3 is 5.97 Å². The molecule has 1 rings (SSSR count). The molecule has 0 fully saturated rings. The van der Waals surface area contributed by atoms with E-state index in [4.69, 9.17) is 10.5 Å². The summed E-state index contributed by atoms with van der Waals surface area (Å²) in [5.74, 6) is -0.289. The summed E-state index contributed by atoms with van der Waals surface area (Å²) in [7, 11) is 0. The van der Waals surface area contributed by atoms with Gasteiger partial charge in [-0.15, -0.1) is 0 Å². The number of anilines is 1. The number of unbranched alkanes of at least 4 members (excludes halogenated alkanes) is 4. The quantitative estimate of drug-likeness (QED) is 0.301. The van der Waals surface area contributed by atoms with E-state index in [0.29, 0.717) is 23.8 Å². The minimum atomic E-state index is -0.289. The van der Waals surface area contributed by atoms with Crippen molar-refractivity contribution in [1.29, 1.82) is 0 Å². The molecule has 0 aromatic heterocycles. The van der Waals surface area contributed by atoms with E-state index in [1.54, 1.807) is 24.3 Å². The topological polar surface area (TPSA) is 64.3 Å². The van der Waals surface area contributed by atoms with Gasteiger partial charge in [-0.05, 0) is 44.0 Å². The van der Waals surface area contributed by atoms with Gasteiger partial charge in [0.1, 0.15) is 6.10 Å². The Morgan fingerprint density at radius 2 is 1.60 bits per heavy atom. The molecule has 0 bridgehead atoms. The molecule has 0 radical (unpaired) electrons. The number of benzene rings is 1. The van der Waals surface area contributed by atoms with Crippen LogP contribution in [0.15, 0.2) is 24.3 Å². The SMILES string of the molecule is CCCCCC(CCCCC)NCC(C)OC(=O)c1ccc(N)cc1. The summed E-state index contributed by atoms with van der Waals surface area (Å²) < 4.78 is 5.54. The number of carbonyl (C=O) groups excluding carboxylic acids is 1. The third kappa shape index (κ3) is 9.49. The van der Waals surface area contributed by atoms with Gasteiger partial charge in [-0.25, -0.2) is 4.79 Å². The van der Waals surface area contributed by atoms with Gasteiger partial charge in [0.2, 0.25) is 0 Å². The van der Waals surface area contributed by atoms with Gasteiger partial charge in [0.15, 0.2) is 0 Å². The number of carbonyl (C=O) groups is 1. The lowest BCUT2D eigenvalue weighted by Crippen LogP contribution is -2.36. The van der Waals surface area contributed by atoms with Crippen LogP contribution in [0.2, 0.25) is 0 Å². The molecule has 4 nitrogen and oxygen atoms in total. The molecule has 0 spiro atoms. The Hall–Kier alpha value is -1.55. The lowest BCUT2D eigenvalue weighted by atomic mass is 10.0. The number of nitrogens with two attached hydrogens (primary N) is 1. The monoisotopic (exact) mass is 348 g/mol. The summed E-state index contributed by atoms with van der Waals surface area (Å²) in [6, 6.07) is 7.37. The molecule has 142 valence electrons. The summed E-state index contributed by atoms with van der Waals surface area (Å²) in [5, 5.41) is 3.61. The van der Waals surface area contributed by atoms with Crippen LogP contribution in [0.1, 0.15) is 82.5 Å². The van der Waals surface area contributed by atoms with Crippen molar-refractivity contribution in [2.75, 3.05) is 12.3 Å². The second-order valence-electron chi connectivity index (χ2n) is 6.93. The van der Waals surface area contributed by atoms with Crippen LogP contribution >= 0.6 is 0 Å². The summed E-state index contributed by atoms with van der Waals surface area (Å²) in [6.45, 7) is 7.11. The second kappa shape index (κ2) is 12.8. The maximum atomic E-state index is 12.1. The standard InChI is InChI=1S/C21H36N2O2/c1-4-6-8-10-20(11-9-7-5-2)23-16-17(3)25-21(24)18-12-14-19(22)15-13-18/h12-15,17,20,23H,4-11,16,22H2,1-3H3. The lowest BCUT2D eigenvalue weighted by molar-refractivity contribution is 0.0335. The number of ether oxygens (including phenoxy) is 1. The van der Waals surface area contributed by atoms with Gasteiger partial charge in [0, 0.05) is 18.3 Å². The lowest BCUT2D eigenvalue weighted by Gasteiger charge is -2.21. The zero-order valence-corrected chi connectivity index (χ0v) is 16.2. The molecule has 0 aliphatic rings. The van der Waals surface area contributed by atoms with Crippen molar-refractivity contribution in [1.82, 2.24) is 5.32 Å². The van der Waals surface area contributed by atoms with Crippen molar-refractivity contribution in [2.45, 2.75) is 84.3 Å². The van der Waals surface area contributed by atoms with Crippen LogP contribution in [-0.2, 0) is 4.74 Å². The molecule has 0 saturated carbocycles. The zero-order chi connectivity index (χ0) is 18.5. The highest BCUT2D eigenvalue weighted by molar-refractivity contribution is 5.89. The molecule has 1 aromatic carbocycles. The van der Waals surface area contributed by atoms with E-state index in [0.717, 1.165) is 0 Å². The van der Waals surface area contributed by atoms with Crippen LogP contribution in [-0.4, -0.2) is 24.7 Å². The van der Waals surface area contributed by atoms with Crippen LogP contribution in [0.4, 0.5) is 5.69 Å². The number of hydrogen-bond donors (Lipinski definition) is 2. The largest absolute Gasteiger partial charge is 0.458 e. The molecule has 0 aliphatic heterocycles. The van der Waals surface area contributed by atoms with Crippen molar-refractivity contribution in [2.24, 2.45) is 0 Å². The molecular weight excluding hydrogens is 312 g/mol. The summed E-state index contributed by atoms with van der Waals surface area (Å²) >= 11 is 0. The molecule has 0 aliphatic carbocycles. The molecule has 4 heteroatoms. The average Bonchev–Trinajstić information content (AvgIpc) is 2.60. The van der Waals surface area contributed by atoms with Crippen LogP contribution in [0, 0.1) is 0 Å². The van der Waals surface area contributed by atoms with Crippen molar-refractivity contribution in [3.05, 3.63) is 29.8 Å². The highest BCUT2D eigenvalue weighted by atomic mass is 16.5. The Balaban J connectivity index is 2.39. The molecule has 3 N–H and O–H groups in total. The van der Waals surface area contributed by atoms with E-state index in [1.807, 2.05) is 6.92 Å². The maximum absolute atomic E-state index is 12.1. The van der Waals surface area contributed by atoms with E-state index in [1.165, 1.54) is 51.4 Å². The fraction of sp³-hybridized carbons (Fsp3) is 0.667. The third-order valence-corrected chi connectivity index (χ3v) is 4.46. The van der Waals surface area contributed by atoms with E-state index < -0.39 is 0 Å². The van der Waals surface area contributed by atoms with Gasteiger partial charge in [-0.1, -0.05) is 52.4 Å². The Bertz CT molecular complexity index is 463. The van der Waals surface area contributed by atoms with E-state index in [9.17, 15) is 4.79 Å². The van der Waals surface area contributed by atoms with E-state index in [-0.39, 0.29) is 12.1 Å². The normalized spacial score (nSPS) is 12.3. The molecule has 1 unspecified atom stereocenters. The van der Waals surface area contributed by atoms with Crippen LogP contribution in [0.25, 0.3) is 0 Å². The number of nitrogen functional groups attached to an aromatic ring is 1. The minimum absolute atomic E-state index is 0.148. The number of rotatable bonds is 13. The Labute approximate surface area is 153 Å². The predicted molar refractivity (Wildman–Crippen MR) is 106 cm³/mol. The van der Waals surface area contributed by atoms with Crippen molar-refractivity contribution in [3.8, 4) is 0 Å². The van der Waals surface area contributed by atoms with Gasteiger partial charge in [-0.2, -0.15) is 0 Å². The van der Waals surface area contributed by atoms with Gasteiger partial charge < -0.3 is 15.8 Å². The average molecular weight is 349 g/mol. The minimum Gasteiger partial charge on any atom is -0.458 e. The van der Waals surface area contributed by atoms with Crippen LogP contribution in [0.3, 0.4) is 0 Å². The second-order valence-corrected chi connectivity index (χ2v) is 6.93. The number of hydrogen-bond acceptors (Lipinski definition) is 4. The van der Waals surface area contributed by atoms with Gasteiger partial charge in [0.05, 0.1) is 5.56 Å². The molecule has 0 amide bonds. The third-order valence-electron chi connectivity index (χ3n) is 4.46. The summed E-state index contributed by atoms with van der Waals surface area (Å²) in [6.07, 6.45) is 9.85. The van der Waals surface area contributed by atoms with Crippen molar-refractivity contribution >= 4 is 11.7 Å². The van der Waals surface area contributed by atoms with Crippen LogP contribution in [0.5, 0.6) is 0 Å². The summed E-state index contributed by atoms with van der Waals surface area (Å²) in [4.78, 5) is 12.1. The first-order valence-corrected chi connectivity index (χ1v) is 9.86. The smallest absolute Gasteiger partial charge is 0.338 e. The molecule has 1 atom stereocenters. The van der Waals surface area contributed by atoms with E-state index >= 15 is 0 Å². The van der Waals surface area contributed by atoms with Crippen molar-refractivity contribution in [3.63, 3.8) is 0 Å². The Morgan fingerprint density at radius 3 is 2.12 bits per heavy atom. The molecule has 25 heavy (non-hydrogen) atoms. The fourth-order valence-corrected chi connectivity index (χ4v) is 2.87.